The second-order valence-electron chi connectivity index (χ2n) is 11.0. The molecule has 4 N–H and O–H groups in total. The summed E-state index contributed by atoms with van der Waals surface area (Å²) < 4.78 is 1.76. The summed E-state index contributed by atoms with van der Waals surface area (Å²) >= 11 is 0. The highest BCUT2D eigenvalue weighted by Gasteiger charge is 2.29. The Labute approximate surface area is 249 Å². The molecule has 0 saturated carbocycles. The first-order valence-electron chi connectivity index (χ1n) is 14.4. The molecule has 0 fully saturated rings. The van der Waals surface area contributed by atoms with Crippen LogP contribution >= 0.6 is 0 Å². The number of carbonyl (C=O) groups is 3. The fraction of sp³-hybridized carbons (Fsp3) is 0.355. The van der Waals surface area contributed by atoms with Crippen LogP contribution in [0.2, 0.25) is 0 Å². The minimum Gasteiger partial charge on any atom is -0.508 e. The maximum absolute atomic E-state index is 13.7. The zero-order valence-electron chi connectivity index (χ0n) is 24.4. The number of aromatic nitrogens is 5. The molecule has 5 rings (SSSR count). The minimum atomic E-state index is -0.747. The first kappa shape index (κ1) is 29.5. The molecule has 2 aromatic carbocycles. The molecule has 4 aromatic rings. The van der Waals surface area contributed by atoms with Gasteiger partial charge in [-0.1, -0.05) is 44.2 Å². The summed E-state index contributed by atoms with van der Waals surface area (Å²) in [6.07, 6.45) is 0.558. The van der Waals surface area contributed by atoms with E-state index in [9.17, 15) is 19.5 Å². The van der Waals surface area contributed by atoms with Crippen LogP contribution in [0, 0.1) is 5.92 Å². The van der Waals surface area contributed by atoms with Gasteiger partial charge >= 0.3 is 0 Å². The van der Waals surface area contributed by atoms with Crippen molar-refractivity contribution in [2.24, 2.45) is 5.92 Å². The largest absolute Gasteiger partial charge is 0.508 e. The molecule has 1 aliphatic heterocycles. The molecule has 43 heavy (non-hydrogen) atoms. The molecular weight excluding hydrogens is 548 g/mol. The van der Waals surface area contributed by atoms with Crippen LogP contribution in [0.15, 0.2) is 60.7 Å². The molecule has 0 unspecified atom stereocenters. The third-order valence-electron chi connectivity index (χ3n) is 7.42. The quantitative estimate of drug-likeness (QED) is 0.287. The molecule has 0 aliphatic carbocycles. The summed E-state index contributed by atoms with van der Waals surface area (Å²) in [6, 6.07) is 16.6. The number of aromatic amines is 1. The van der Waals surface area contributed by atoms with Gasteiger partial charge in [0.15, 0.2) is 11.6 Å². The number of fused-ring (bicyclic) bond motifs is 1. The summed E-state index contributed by atoms with van der Waals surface area (Å²) in [7, 11) is 0. The van der Waals surface area contributed by atoms with Gasteiger partial charge in [-0.25, -0.2) is 9.67 Å². The summed E-state index contributed by atoms with van der Waals surface area (Å²) in [6.45, 7) is 6.53. The Balaban J connectivity index is 1.47. The van der Waals surface area contributed by atoms with Crippen molar-refractivity contribution in [2.75, 3.05) is 13.1 Å². The van der Waals surface area contributed by atoms with Crippen LogP contribution in [-0.2, 0) is 16.1 Å². The Bertz CT molecular complexity index is 1580. The summed E-state index contributed by atoms with van der Waals surface area (Å²) in [5.41, 5.74) is 2.46. The first-order valence-corrected chi connectivity index (χ1v) is 14.4. The average molecular weight is 585 g/mol. The van der Waals surface area contributed by atoms with Gasteiger partial charge < -0.3 is 20.6 Å². The van der Waals surface area contributed by atoms with Crippen LogP contribution in [0.1, 0.15) is 56.0 Å². The number of aromatic hydroxyl groups is 1. The fourth-order valence-electron chi connectivity index (χ4n) is 4.99. The van der Waals surface area contributed by atoms with E-state index in [2.05, 4.69) is 20.8 Å². The molecular formula is C31H36N8O4. The molecule has 1 aliphatic rings. The predicted molar refractivity (Wildman–Crippen MR) is 160 cm³/mol. The topological polar surface area (TPSA) is 158 Å². The van der Waals surface area contributed by atoms with E-state index in [0.717, 1.165) is 11.1 Å². The summed E-state index contributed by atoms with van der Waals surface area (Å²) in [5.74, 6) is 0.359. The van der Waals surface area contributed by atoms with Gasteiger partial charge in [0.2, 0.25) is 11.8 Å². The number of benzene rings is 2. The lowest BCUT2D eigenvalue weighted by Gasteiger charge is -2.27. The zero-order chi connectivity index (χ0) is 30.5. The van der Waals surface area contributed by atoms with Gasteiger partial charge in [0.25, 0.3) is 5.91 Å². The highest BCUT2D eigenvalue weighted by Crippen LogP contribution is 2.25. The number of nitrogens with one attached hydrogen (secondary N) is 3. The highest BCUT2D eigenvalue weighted by molar-refractivity contribution is 5.93. The van der Waals surface area contributed by atoms with Crippen LogP contribution in [0.5, 0.6) is 5.75 Å². The molecule has 12 heteroatoms. The lowest BCUT2D eigenvalue weighted by atomic mass is 10.0. The number of rotatable bonds is 4. The second-order valence-corrected chi connectivity index (χ2v) is 11.0. The van der Waals surface area contributed by atoms with E-state index in [4.69, 9.17) is 10.1 Å². The van der Waals surface area contributed by atoms with Gasteiger partial charge in [0.05, 0.1) is 18.3 Å². The van der Waals surface area contributed by atoms with E-state index in [1.165, 1.54) is 0 Å². The summed E-state index contributed by atoms with van der Waals surface area (Å²) in [4.78, 5) is 46.0. The number of hydrogen-bond acceptors (Lipinski definition) is 7. The van der Waals surface area contributed by atoms with Crippen LogP contribution in [0.3, 0.4) is 0 Å². The number of carbonyl (C=O) groups excluding carboxylic acids is 3. The van der Waals surface area contributed by atoms with Gasteiger partial charge in [-0.15, -0.1) is 0 Å². The average Bonchev–Trinajstić information content (AvgIpc) is 3.65. The standard InChI is InChI=1S/C31H36N8O4/c1-19(2)27-29-34-28(22-8-5-4-6-9-22)37-39(29)17-16-38(15-7-10-26(41)32-20(3)30(42)33-27)31(43)25-18-24(35-36-25)21-11-13-23(40)14-12-21/h4-6,8-9,11-14,18-20,27,40H,7,10,15-17H2,1-3H3,(H,32,41)(H,33,42)(H,35,36)/t20-,27+/m1/s1. The zero-order valence-corrected chi connectivity index (χ0v) is 24.4. The SMILES string of the molecule is CC(C)[C@@H]1NC(=O)[C@@H](C)NC(=O)CCCN(C(=O)c2cc(-c3ccc(O)cc3)n[nH]2)CCn2nc(-c3ccccc3)nc21. The lowest BCUT2D eigenvalue weighted by molar-refractivity contribution is -0.129. The van der Waals surface area contributed by atoms with Gasteiger partial charge in [0.1, 0.15) is 17.5 Å². The Morgan fingerprint density at radius 1 is 0.977 bits per heavy atom. The van der Waals surface area contributed by atoms with E-state index >= 15 is 0 Å². The first-order chi connectivity index (χ1) is 20.7. The van der Waals surface area contributed by atoms with Gasteiger partial charge in [-0.3, -0.25) is 19.5 Å². The van der Waals surface area contributed by atoms with Crippen molar-refractivity contribution in [1.29, 1.82) is 0 Å². The molecule has 0 bridgehead atoms. The van der Waals surface area contributed by atoms with Gasteiger partial charge in [-0.2, -0.15) is 10.2 Å². The molecule has 224 valence electrons. The number of phenolic OH excluding ortho intramolecular Hbond substituents is 1. The van der Waals surface area contributed by atoms with Gasteiger partial charge in [0, 0.05) is 30.6 Å². The van der Waals surface area contributed by atoms with Crippen molar-refractivity contribution in [2.45, 2.75) is 52.2 Å². The molecule has 2 aromatic heterocycles. The Morgan fingerprint density at radius 2 is 1.72 bits per heavy atom. The monoisotopic (exact) mass is 584 g/mol. The lowest BCUT2D eigenvalue weighted by Crippen LogP contribution is -2.47. The van der Waals surface area contributed by atoms with Crippen molar-refractivity contribution in [3.63, 3.8) is 0 Å². The molecule has 3 heterocycles. The maximum atomic E-state index is 13.7. The second kappa shape index (κ2) is 12.9. The normalized spacial score (nSPS) is 18.5. The minimum absolute atomic E-state index is 0.0348. The smallest absolute Gasteiger partial charge is 0.271 e. The number of amides is 3. The van der Waals surface area contributed by atoms with E-state index in [0.29, 0.717) is 42.5 Å². The van der Waals surface area contributed by atoms with Crippen LogP contribution in [0.4, 0.5) is 0 Å². The fourth-order valence-corrected chi connectivity index (χ4v) is 4.99. The molecule has 0 radical (unpaired) electrons. The third-order valence-corrected chi connectivity index (χ3v) is 7.42. The van der Waals surface area contributed by atoms with Gasteiger partial charge in [-0.05, 0) is 49.6 Å². The van der Waals surface area contributed by atoms with E-state index in [-0.39, 0.29) is 42.4 Å². The molecule has 0 saturated heterocycles. The number of H-pyrrole nitrogens is 1. The molecule has 3 amide bonds. The van der Waals surface area contributed by atoms with Crippen molar-refractivity contribution in [1.82, 2.24) is 40.5 Å². The van der Waals surface area contributed by atoms with Crippen molar-refractivity contribution < 1.29 is 19.5 Å². The molecule has 2 atom stereocenters. The van der Waals surface area contributed by atoms with Crippen LogP contribution in [0.25, 0.3) is 22.6 Å². The van der Waals surface area contributed by atoms with E-state index in [1.54, 1.807) is 46.8 Å². The maximum Gasteiger partial charge on any atom is 0.271 e. The van der Waals surface area contributed by atoms with Crippen molar-refractivity contribution in [3.05, 3.63) is 72.2 Å². The van der Waals surface area contributed by atoms with Crippen molar-refractivity contribution in [3.8, 4) is 28.4 Å². The number of nitrogens with zero attached hydrogens (tertiary/aromatic N) is 5. The Kier molecular flexibility index (Phi) is 8.84. The van der Waals surface area contributed by atoms with E-state index in [1.807, 2.05) is 44.2 Å². The number of hydrogen-bond donors (Lipinski definition) is 4. The van der Waals surface area contributed by atoms with Crippen molar-refractivity contribution >= 4 is 17.7 Å². The molecule has 12 nitrogen and oxygen atoms in total. The predicted octanol–water partition coefficient (Wildman–Crippen LogP) is 3.30. The van der Waals surface area contributed by atoms with Crippen LogP contribution in [-0.4, -0.2) is 71.8 Å². The highest BCUT2D eigenvalue weighted by atomic mass is 16.3. The molecule has 0 spiro atoms. The van der Waals surface area contributed by atoms with E-state index < -0.39 is 12.1 Å². The summed E-state index contributed by atoms with van der Waals surface area (Å²) in [5, 5.41) is 27.4. The Hall–Kier alpha value is -5.00. The number of phenols is 1. The Morgan fingerprint density at radius 3 is 2.44 bits per heavy atom. The van der Waals surface area contributed by atoms with Crippen LogP contribution < -0.4 is 10.6 Å². The third kappa shape index (κ3) is 6.91.